The van der Waals surface area contributed by atoms with Gasteiger partial charge in [-0.1, -0.05) is 47.5 Å². The van der Waals surface area contributed by atoms with E-state index >= 15 is 0 Å². The van der Waals surface area contributed by atoms with Crippen molar-refractivity contribution in [2.45, 2.75) is 24.7 Å². The van der Waals surface area contributed by atoms with E-state index in [1.165, 1.54) is 0 Å². The molecule has 0 aliphatic heterocycles. The first-order valence-corrected chi connectivity index (χ1v) is 10.8. The van der Waals surface area contributed by atoms with Crippen molar-refractivity contribution in [3.8, 4) is 0 Å². The van der Waals surface area contributed by atoms with Crippen molar-refractivity contribution in [3.63, 3.8) is 0 Å². The topological polar surface area (TPSA) is 59.1 Å². The van der Waals surface area contributed by atoms with Crippen LogP contribution in [0.25, 0.3) is 10.9 Å². The zero-order valence-corrected chi connectivity index (χ0v) is 17.4. The van der Waals surface area contributed by atoms with E-state index in [0.29, 0.717) is 15.7 Å². The summed E-state index contributed by atoms with van der Waals surface area (Å²) < 4.78 is 29.7. The maximum atomic E-state index is 12.8. The average Bonchev–Trinajstić information content (AvgIpc) is 2.59. The molecule has 0 radical (unpaired) electrons. The summed E-state index contributed by atoms with van der Waals surface area (Å²) in [6.07, 6.45) is 3.59. The van der Waals surface area contributed by atoms with E-state index in [1.54, 1.807) is 18.3 Å². The van der Waals surface area contributed by atoms with Crippen molar-refractivity contribution in [1.82, 2.24) is 4.98 Å². The molecule has 3 aromatic rings. The van der Waals surface area contributed by atoms with Crippen molar-refractivity contribution >= 4 is 58.5 Å². The highest BCUT2D eigenvalue weighted by Crippen LogP contribution is 2.36. The number of fused-ring (bicyclic) bond motifs is 1. The lowest BCUT2D eigenvalue weighted by molar-refractivity contribution is 0.601. The van der Waals surface area contributed by atoms with Crippen LogP contribution in [0.15, 0.2) is 62.5 Å². The summed E-state index contributed by atoms with van der Waals surface area (Å²) in [7, 11) is -3.71. The van der Waals surface area contributed by atoms with Crippen molar-refractivity contribution in [3.05, 3.63) is 63.2 Å². The fraction of sp³-hybridized carbons (Fsp3) is 0.167. The van der Waals surface area contributed by atoms with Crippen LogP contribution in [0.2, 0.25) is 0 Å². The van der Waals surface area contributed by atoms with Crippen LogP contribution >= 0.6 is 31.9 Å². The molecule has 0 bridgehead atoms. The molecule has 0 unspecified atom stereocenters. The molecule has 0 saturated carbocycles. The lowest BCUT2D eigenvalue weighted by Crippen LogP contribution is -2.14. The summed E-state index contributed by atoms with van der Waals surface area (Å²) in [5.41, 5.74) is 2.13. The van der Waals surface area contributed by atoms with Gasteiger partial charge in [0.1, 0.15) is 0 Å². The number of benzene rings is 2. The molecule has 7 heteroatoms. The predicted molar refractivity (Wildman–Crippen MR) is 108 cm³/mol. The molecule has 0 aliphatic carbocycles. The third-order valence-corrected chi connectivity index (χ3v) is 6.45. The van der Waals surface area contributed by atoms with Crippen LogP contribution in [0.5, 0.6) is 0 Å². The van der Waals surface area contributed by atoms with E-state index in [4.69, 9.17) is 0 Å². The second kappa shape index (κ2) is 7.43. The van der Waals surface area contributed by atoms with Gasteiger partial charge in [-0.2, -0.15) is 0 Å². The average molecular weight is 484 g/mol. The Kier molecular flexibility index (Phi) is 5.46. The lowest BCUT2D eigenvalue weighted by atomic mass is 10.1. The van der Waals surface area contributed by atoms with E-state index in [-0.39, 0.29) is 4.90 Å². The maximum absolute atomic E-state index is 12.8. The smallest absolute Gasteiger partial charge is 0.261 e. The van der Waals surface area contributed by atoms with Crippen LogP contribution in [-0.4, -0.2) is 13.4 Å². The summed E-state index contributed by atoms with van der Waals surface area (Å²) in [5.74, 6) is 0. The Balaban J connectivity index is 2.03. The third-order valence-electron chi connectivity index (χ3n) is 3.80. The van der Waals surface area contributed by atoms with Gasteiger partial charge in [0.05, 0.1) is 16.1 Å². The van der Waals surface area contributed by atoms with Crippen LogP contribution in [-0.2, 0) is 16.4 Å². The molecule has 3 rings (SSSR count). The molecule has 0 fully saturated rings. The van der Waals surface area contributed by atoms with E-state index in [2.05, 4.69) is 48.5 Å². The molecule has 1 N–H and O–H groups in total. The fourth-order valence-corrected chi connectivity index (χ4v) is 5.18. The van der Waals surface area contributed by atoms with Crippen LogP contribution in [0.4, 0.5) is 5.69 Å². The first kappa shape index (κ1) is 18.4. The minimum Gasteiger partial charge on any atom is -0.276 e. The molecule has 2 aromatic carbocycles. The van der Waals surface area contributed by atoms with Crippen molar-refractivity contribution in [1.29, 1.82) is 0 Å². The molecular weight excluding hydrogens is 468 g/mol. The Hall–Kier alpha value is -1.44. The van der Waals surface area contributed by atoms with Gasteiger partial charge >= 0.3 is 0 Å². The molecule has 0 aliphatic rings. The van der Waals surface area contributed by atoms with Crippen molar-refractivity contribution in [2.75, 3.05) is 4.72 Å². The number of nitrogens with zero attached hydrogens (tertiary/aromatic N) is 1. The number of halogens is 2. The van der Waals surface area contributed by atoms with Crippen LogP contribution in [0.1, 0.15) is 18.9 Å². The van der Waals surface area contributed by atoms with Gasteiger partial charge in [-0.25, -0.2) is 8.42 Å². The standard InChI is InChI=1S/C18H16Br2N2O2S/c1-2-4-12-6-8-13(9-7-12)25(23,24)22-18-16(20)11-15(19)14-5-3-10-21-17(14)18/h3,5-11,22H,2,4H2,1H3. The van der Waals surface area contributed by atoms with Gasteiger partial charge in [0.25, 0.3) is 10.0 Å². The SMILES string of the molecule is CCCc1ccc(S(=O)(=O)Nc2c(Br)cc(Br)c3cccnc23)cc1. The first-order chi connectivity index (χ1) is 11.9. The highest BCUT2D eigenvalue weighted by atomic mass is 79.9. The van der Waals surface area contributed by atoms with Crippen molar-refractivity contribution < 1.29 is 8.42 Å². The van der Waals surface area contributed by atoms with E-state index in [0.717, 1.165) is 28.3 Å². The highest BCUT2D eigenvalue weighted by molar-refractivity contribution is 9.11. The molecule has 0 atom stereocenters. The molecule has 0 spiro atoms. The summed E-state index contributed by atoms with van der Waals surface area (Å²) in [4.78, 5) is 4.56. The monoisotopic (exact) mass is 482 g/mol. The highest BCUT2D eigenvalue weighted by Gasteiger charge is 2.19. The van der Waals surface area contributed by atoms with Crippen LogP contribution < -0.4 is 4.72 Å². The zero-order chi connectivity index (χ0) is 18.0. The Morgan fingerprint density at radius 3 is 2.48 bits per heavy atom. The number of hydrogen-bond donors (Lipinski definition) is 1. The number of aromatic nitrogens is 1. The molecule has 4 nitrogen and oxygen atoms in total. The number of sulfonamides is 1. The molecule has 1 aromatic heterocycles. The van der Waals surface area contributed by atoms with Gasteiger partial charge in [-0.3, -0.25) is 9.71 Å². The second-order valence-electron chi connectivity index (χ2n) is 5.61. The minimum absolute atomic E-state index is 0.228. The summed E-state index contributed by atoms with van der Waals surface area (Å²) in [6.45, 7) is 2.09. The third kappa shape index (κ3) is 3.88. The number of hydrogen-bond acceptors (Lipinski definition) is 3. The predicted octanol–water partition coefficient (Wildman–Crippen LogP) is 5.51. The number of pyridine rings is 1. The second-order valence-corrected chi connectivity index (χ2v) is 9.01. The molecule has 0 amide bonds. The normalized spacial score (nSPS) is 11.6. The summed E-state index contributed by atoms with van der Waals surface area (Å²) >= 11 is 6.91. The summed E-state index contributed by atoms with van der Waals surface area (Å²) in [6, 6.07) is 12.5. The molecular formula is C18H16Br2N2O2S. The largest absolute Gasteiger partial charge is 0.276 e. The Morgan fingerprint density at radius 1 is 1.08 bits per heavy atom. The molecule has 130 valence electrons. The van der Waals surface area contributed by atoms with Gasteiger partial charge in [0, 0.05) is 20.5 Å². The van der Waals surface area contributed by atoms with Gasteiger partial charge in [0.2, 0.25) is 0 Å². The van der Waals surface area contributed by atoms with E-state index in [9.17, 15) is 8.42 Å². The van der Waals surface area contributed by atoms with E-state index < -0.39 is 10.0 Å². The molecule has 25 heavy (non-hydrogen) atoms. The van der Waals surface area contributed by atoms with Crippen molar-refractivity contribution in [2.24, 2.45) is 0 Å². The minimum atomic E-state index is -3.71. The van der Waals surface area contributed by atoms with Gasteiger partial charge in [-0.15, -0.1) is 0 Å². The van der Waals surface area contributed by atoms with Crippen LogP contribution in [0, 0.1) is 0 Å². The first-order valence-electron chi connectivity index (χ1n) is 7.77. The van der Waals surface area contributed by atoms with Gasteiger partial charge < -0.3 is 0 Å². The Morgan fingerprint density at radius 2 is 1.80 bits per heavy atom. The zero-order valence-electron chi connectivity index (χ0n) is 13.5. The molecule has 0 saturated heterocycles. The van der Waals surface area contributed by atoms with Crippen LogP contribution in [0.3, 0.4) is 0 Å². The Labute approximate surface area is 164 Å². The van der Waals surface area contributed by atoms with E-state index in [1.807, 2.05) is 30.3 Å². The number of rotatable bonds is 5. The Bertz CT molecular complexity index is 1020. The number of aryl methyl sites for hydroxylation is 1. The van der Waals surface area contributed by atoms with Gasteiger partial charge in [-0.05, 0) is 52.2 Å². The summed E-state index contributed by atoms with van der Waals surface area (Å²) in [5, 5.41) is 0.835. The lowest BCUT2D eigenvalue weighted by Gasteiger charge is -2.13. The fourth-order valence-electron chi connectivity index (χ4n) is 2.59. The quantitative estimate of drug-likeness (QED) is 0.520. The van der Waals surface area contributed by atoms with Gasteiger partial charge in [0.15, 0.2) is 0 Å². The number of anilines is 1. The maximum Gasteiger partial charge on any atom is 0.261 e. The number of nitrogens with one attached hydrogen (secondary N) is 1. The molecule has 1 heterocycles.